The molecule has 0 aromatic carbocycles. The molecule has 0 rings (SSSR count). The maximum absolute atomic E-state index is 11.7. The van der Waals surface area contributed by atoms with Crippen molar-refractivity contribution in [1.29, 1.82) is 0 Å². The lowest BCUT2D eigenvalue weighted by Crippen LogP contribution is -2.30. The summed E-state index contributed by atoms with van der Waals surface area (Å²) in [6.07, 6.45) is 0.0738. The van der Waals surface area contributed by atoms with Crippen molar-refractivity contribution >= 4 is 34.5 Å². The topological polar surface area (TPSA) is 52.6 Å². The Morgan fingerprint density at radius 3 is 2.12 bits per heavy atom. The number of hydrogen-bond donors (Lipinski definition) is 0. The van der Waals surface area contributed by atoms with Gasteiger partial charge in [-0.15, -0.1) is 0 Å². The Balaban J connectivity index is 4.46. The predicted octanol–water partition coefficient (Wildman–Crippen LogP) is 2.93. The minimum Gasteiger partial charge on any atom is -0.460 e. The summed E-state index contributed by atoms with van der Waals surface area (Å²) in [5.41, 5.74) is -0.522. The maximum Gasteiger partial charge on any atom is 0.310 e. The standard InChI is InChI=1S/C12H21IO4/c1-8(2)9(11(15)16-7-13)6-10(14)17-12(3,4)5/h8-9H,6-7H2,1-5H3/t9-/m0/s1. The largest absolute Gasteiger partial charge is 0.460 e. The molecule has 0 aliphatic rings. The second-order valence-electron chi connectivity index (χ2n) is 5.21. The van der Waals surface area contributed by atoms with Crippen LogP contribution in [0.2, 0.25) is 0 Å². The summed E-state index contributed by atoms with van der Waals surface area (Å²) in [5, 5.41) is 0. The second kappa shape index (κ2) is 7.18. The molecule has 0 radical (unpaired) electrons. The summed E-state index contributed by atoms with van der Waals surface area (Å²) >= 11 is 1.96. The minimum atomic E-state index is -0.522. The monoisotopic (exact) mass is 356 g/mol. The predicted molar refractivity (Wildman–Crippen MR) is 73.8 cm³/mol. The van der Waals surface area contributed by atoms with Crippen LogP contribution in [0, 0.1) is 11.8 Å². The molecule has 1 atom stereocenters. The van der Waals surface area contributed by atoms with Gasteiger partial charge in [0.2, 0.25) is 0 Å². The summed E-state index contributed by atoms with van der Waals surface area (Å²) in [6, 6.07) is 0. The molecule has 0 heterocycles. The molecule has 0 aromatic heterocycles. The Hall–Kier alpha value is -0.330. The van der Waals surface area contributed by atoms with Gasteiger partial charge in [0, 0.05) is 0 Å². The van der Waals surface area contributed by atoms with E-state index in [-0.39, 0.29) is 24.3 Å². The highest BCUT2D eigenvalue weighted by Gasteiger charge is 2.28. The number of alkyl halides is 1. The molecule has 0 unspecified atom stereocenters. The lowest BCUT2D eigenvalue weighted by molar-refractivity contribution is -0.161. The zero-order valence-electron chi connectivity index (χ0n) is 11.1. The van der Waals surface area contributed by atoms with Crippen LogP contribution in [0.5, 0.6) is 0 Å². The van der Waals surface area contributed by atoms with Crippen molar-refractivity contribution in [2.45, 2.75) is 46.6 Å². The van der Waals surface area contributed by atoms with Gasteiger partial charge in [-0.2, -0.15) is 0 Å². The van der Waals surface area contributed by atoms with Crippen molar-refractivity contribution in [3.63, 3.8) is 0 Å². The number of hydrogen-bond acceptors (Lipinski definition) is 4. The molecule has 100 valence electrons. The van der Waals surface area contributed by atoms with Gasteiger partial charge in [-0.05, 0) is 49.3 Å². The molecule has 0 N–H and O–H groups in total. The highest BCUT2D eigenvalue weighted by Crippen LogP contribution is 2.20. The van der Waals surface area contributed by atoms with E-state index < -0.39 is 11.5 Å². The molecule has 0 saturated carbocycles. The Morgan fingerprint density at radius 1 is 1.24 bits per heavy atom. The number of esters is 2. The Kier molecular flexibility index (Phi) is 7.04. The van der Waals surface area contributed by atoms with Crippen molar-refractivity contribution in [1.82, 2.24) is 0 Å². The minimum absolute atomic E-state index is 0.0537. The van der Waals surface area contributed by atoms with Gasteiger partial charge in [-0.1, -0.05) is 13.8 Å². The van der Waals surface area contributed by atoms with Crippen LogP contribution in [0.1, 0.15) is 41.0 Å². The summed E-state index contributed by atoms with van der Waals surface area (Å²) in [4.78, 5) is 23.3. The summed E-state index contributed by atoms with van der Waals surface area (Å²) in [6.45, 7) is 9.20. The van der Waals surface area contributed by atoms with E-state index in [0.29, 0.717) is 4.61 Å². The van der Waals surface area contributed by atoms with Crippen LogP contribution >= 0.6 is 22.6 Å². The van der Waals surface area contributed by atoms with Crippen LogP contribution in [0.4, 0.5) is 0 Å². The fourth-order valence-corrected chi connectivity index (χ4v) is 1.62. The molecule has 0 fully saturated rings. The first kappa shape index (κ1) is 16.7. The van der Waals surface area contributed by atoms with Crippen molar-refractivity contribution < 1.29 is 19.1 Å². The van der Waals surface area contributed by atoms with E-state index >= 15 is 0 Å². The summed E-state index contributed by atoms with van der Waals surface area (Å²) < 4.78 is 10.4. The molecule has 17 heavy (non-hydrogen) atoms. The lowest BCUT2D eigenvalue weighted by atomic mass is 9.92. The Morgan fingerprint density at radius 2 is 1.76 bits per heavy atom. The molecule has 0 amide bonds. The third-order valence-electron chi connectivity index (χ3n) is 2.11. The van der Waals surface area contributed by atoms with Crippen LogP contribution in [0.15, 0.2) is 0 Å². The highest BCUT2D eigenvalue weighted by molar-refractivity contribution is 14.1. The van der Waals surface area contributed by atoms with E-state index in [0.717, 1.165) is 0 Å². The van der Waals surface area contributed by atoms with E-state index in [1.54, 1.807) is 20.8 Å². The maximum atomic E-state index is 11.7. The summed E-state index contributed by atoms with van der Waals surface area (Å²) in [5.74, 6) is -1.07. The number of rotatable bonds is 5. The van der Waals surface area contributed by atoms with Crippen LogP contribution in [0.3, 0.4) is 0 Å². The van der Waals surface area contributed by atoms with Crippen molar-refractivity contribution in [2.75, 3.05) is 4.61 Å². The van der Waals surface area contributed by atoms with Gasteiger partial charge in [0.1, 0.15) is 10.2 Å². The third-order valence-corrected chi connectivity index (χ3v) is 2.42. The van der Waals surface area contributed by atoms with Gasteiger partial charge < -0.3 is 9.47 Å². The molecule has 0 saturated heterocycles. The first-order valence-corrected chi connectivity index (χ1v) is 7.14. The lowest BCUT2D eigenvalue weighted by Gasteiger charge is -2.23. The average molecular weight is 356 g/mol. The fourth-order valence-electron chi connectivity index (χ4n) is 1.31. The van der Waals surface area contributed by atoms with Crippen molar-refractivity contribution in [3.05, 3.63) is 0 Å². The zero-order chi connectivity index (χ0) is 13.6. The number of halogens is 1. The van der Waals surface area contributed by atoms with E-state index in [1.165, 1.54) is 0 Å². The van der Waals surface area contributed by atoms with E-state index in [9.17, 15) is 9.59 Å². The molecular formula is C12H21IO4. The molecule has 4 nitrogen and oxygen atoms in total. The van der Waals surface area contributed by atoms with Crippen LogP contribution < -0.4 is 0 Å². The van der Waals surface area contributed by atoms with E-state index in [2.05, 4.69) is 0 Å². The van der Waals surface area contributed by atoms with E-state index in [4.69, 9.17) is 9.47 Å². The third kappa shape index (κ3) is 7.57. The first-order chi connectivity index (χ1) is 7.67. The van der Waals surface area contributed by atoms with Crippen LogP contribution in [0.25, 0.3) is 0 Å². The summed E-state index contributed by atoms with van der Waals surface area (Å²) in [7, 11) is 0. The van der Waals surface area contributed by atoms with Crippen molar-refractivity contribution in [2.24, 2.45) is 11.8 Å². The van der Waals surface area contributed by atoms with E-state index in [1.807, 2.05) is 36.4 Å². The molecular weight excluding hydrogens is 335 g/mol. The quantitative estimate of drug-likeness (QED) is 0.432. The van der Waals surface area contributed by atoms with Crippen LogP contribution in [-0.4, -0.2) is 22.2 Å². The molecule has 0 bridgehead atoms. The first-order valence-electron chi connectivity index (χ1n) is 5.62. The van der Waals surface area contributed by atoms with Gasteiger partial charge in [0.15, 0.2) is 0 Å². The molecule has 0 aliphatic heterocycles. The van der Waals surface area contributed by atoms with Gasteiger partial charge in [-0.25, -0.2) is 0 Å². The van der Waals surface area contributed by atoms with Crippen molar-refractivity contribution in [3.8, 4) is 0 Å². The molecule has 5 heteroatoms. The van der Waals surface area contributed by atoms with Gasteiger partial charge in [-0.3, -0.25) is 9.59 Å². The number of carbonyl (C=O) groups is 2. The second-order valence-corrected chi connectivity index (χ2v) is 5.84. The smallest absolute Gasteiger partial charge is 0.310 e. The Labute approximate surface area is 117 Å². The molecule has 0 aromatic rings. The van der Waals surface area contributed by atoms with Crippen LogP contribution in [-0.2, 0) is 19.1 Å². The highest BCUT2D eigenvalue weighted by atomic mass is 127. The van der Waals surface area contributed by atoms with Gasteiger partial charge in [0.25, 0.3) is 0 Å². The van der Waals surface area contributed by atoms with Gasteiger partial charge >= 0.3 is 11.9 Å². The number of carbonyl (C=O) groups excluding carboxylic acids is 2. The molecule has 0 spiro atoms. The average Bonchev–Trinajstić information content (AvgIpc) is 2.11. The fraction of sp³-hybridized carbons (Fsp3) is 0.833. The zero-order valence-corrected chi connectivity index (χ0v) is 13.2. The normalized spacial score (nSPS) is 13.4. The van der Waals surface area contributed by atoms with Gasteiger partial charge in [0.05, 0.1) is 12.3 Å². The Bertz CT molecular complexity index is 268. The number of ether oxygens (including phenoxy) is 2. The molecule has 0 aliphatic carbocycles. The SMILES string of the molecule is CC(C)[C@H](CC(=O)OC(C)(C)C)C(=O)OCI.